The maximum absolute atomic E-state index is 11.9. The molecule has 0 aromatic heterocycles. The number of carbonyl (C=O) groups is 2. The van der Waals surface area contributed by atoms with E-state index in [-0.39, 0.29) is 29.3 Å². The molecule has 7 nitrogen and oxygen atoms in total. The lowest BCUT2D eigenvalue weighted by atomic mass is 9.94. The summed E-state index contributed by atoms with van der Waals surface area (Å²) in [5, 5.41) is 20.4. The van der Waals surface area contributed by atoms with Gasteiger partial charge in [-0.2, -0.15) is 0 Å². The first-order valence-corrected chi connectivity index (χ1v) is 7.85. The molecule has 0 fully saturated rings. The summed E-state index contributed by atoms with van der Waals surface area (Å²) in [6, 6.07) is 0. The Morgan fingerprint density at radius 3 is 2.60 bits per heavy atom. The Labute approximate surface area is 145 Å². The number of fused-ring (bicyclic) bond motifs is 1. The van der Waals surface area contributed by atoms with Crippen molar-refractivity contribution in [2.45, 2.75) is 39.4 Å². The Kier molecular flexibility index (Phi) is 5.69. The summed E-state index contributed by atoms with van der Waals surface area (Å²) < 4.78 is 14.8. The van der Waals surface area contributed by atoms with Crippen molar-refractivity contribution in [2.24, 2.45) is 0 Å². The average molecular weight is 350 g/mol. The van der Waals surface area contributed by atoms with Crippen LogP contribution in [0.4, 0.5) is 0 Å². The van der Waals surface area contributed by atoms with Gasteiger partial charge in [0.1, 0.15) is 17.1 Å². The Hall–Kier alpha value is -2.54. The molecule has 2 N–H and O–H groups in total. The van der Waals surface area contributed by atoms with E-state index < -0.39 is 12.3 Å². The van der Waals surface area contributed by atoms with E-state index >= 15 is 0 Å². The number of allylic oxidation sites excluding steroid dienone is 2. The van der Waals surface area contributed by atoms with Gasteiger partial charge in [-0.25, -0.2) is 4.79 Å². The number of ether oxygens (including phenoxy) is 3. The van der Waals surface area contributed by atoms with Gasteiger partial charge in [0.25, 0.3) is 0 Å². The number of hydrogen-bond acceptors (Lipinski definition) is 7. The maximum atomic E-state index is 11.9. The third-order valence-electron chi connectivity index (χ3n) is 4.29. The first-order chi connectivity index (χ1) is 11.8. The van der Waals surface area contributed by atoms with Crippen molar-refractivity contribution in [1.82, 2.24) is 0 Å². The Balaban J connectivity index is 2.35. The van der Waals surface area contributed by atoms with E-state index in [9.17, 15) is 19.8 Å². The Morgan fingerprint density at radius 2 is 2.00 bits per heavy atom. The van der Waals surface area contributed by atoms with E-state index in [4.69, 9.17) is 9.47 Å². The lowest BCUT2D eigenvalue weighted by Crippen LogP contribution is -2.04. The Morgan fingerprint density at radius 1 is 1.32 bits per heavy atom. The molecular formula is C18H22O7. The number of phenols is 1. The minimum absolute atomic E-state index is 0.0265. The highest BCUT2D eigenvalue weighted by atomic mass is 16.6. The second-order valence-electron chi connectivity index (χ2n) is 5.86. The van der Waals surface area contributed by atoms with Crippen molar-refractivity contribution in [3.63, 3.8) is 0 Å². The maximum Gasteiger partial charge on any atom is 0.345 e. The second-order valence-corrected chi connectivity index (χ2v) is 5.86. The zero-order valence-corrected chi connectivity index (χ0v) is 14.7. The second kappa shape index (κ2) is 7.57. The van der Waals surface area contributed by atoms with Crippen LogP contribution in [0.1, 0.15) is 53.1 Å². The number of aliphatic hydroxyl groups excluding tert-OH is 1. The van der Waals surface area contributed by atoms with Crippen LogP contribution in [0.5, 0.6) is 11.5 Å². The van der Waals surface area contributed by atoms with Gasteiger partial charge >= 0.3 is 11.9 Å². The molecule has 0 saturated heterocycles. The fraction of sp³-hybridized carbons (Fsp3) is 0.444. The van der Waals surface area contributed by atoms with Gasteiger partial charge in [-0.3, -0.25) is 4.79 Å². The molecule has 0 bridgehead atoms. The number of esters is 2. The van der Waals surface area contributed by atoms with Crippen molar-refractivity contribution in [3.8, 4) is 11.5 Å². The van der Waals surface area contributed by atoms with Crippen LogP contribution < -0.4 is 4.74 Å². The Bertz CT molecular complexity index is 734. The van der Waals surface area contributed by atoms with Crippen molar-refractivity contribution >= 4 is 11.9 Å². The highest BCUT2D eigenvalue weighted by Gasteiger charge is 2.37. The molecule has 0 radical (unpaired) electrons. The molecule has 1 aromatic carbocycles. The molecule has 1 heterocycles. The number of phenolic OH excluding ortho intramolecular Hbond substituents is 1. The number of methoxy groups -OCH3 is 2. The molecule has 1 atom stereocenters. The molecule has 0 saturated carbocycles. The predicted molar refractivity (Wildman–Crippen MR) is 88.5 cm³/mol. The number of benzene rings is 1. The molecule has 0 amide bonds. The van der Waals surface area contributed by atoms with Gasteiger partial charge < -0.3 is 24.4 Å². The quantitative estimate of drug-likeness (QED) is 0.599. The van der Waals surface area contributed by atoms with E-state index in [2.05, 4.69) is 4.74 Å². The third kappa shape index (κ3) is 3.61. The zero-order valence-electron chi connectivity index (χ0n) is 14.7. The van der Waals surface area contributed by atoms with Crippen LogP contribution in [-0.4, -0.2) is 36.4 Å². The van der Waals surface area contributed by atoms with Crippen LogP contribution in [0, 0.1) is 6.92 Å². The molecule has 0 spiro atoms. The van der Waals surface area contributed by atoms with Crippen molar-refractivity contribution in [2.75, 3.05) is 14.2 Å². The number of cyclic esters (lactones) is 1. The SMILES string of the molecule is COC(=O)CC/C(C)=C/Cc1c(O)c2c(c(C)c1OC)C(O)OC2=O. The number of aliphatic hydroxyl groups is 1. The summed E-state index contributed by atoms with van der Waals surface area (Å²) in [6.45, 7) is 3.56. The normalized spacial score (nSPS) is 16.4. The van der Waals surface area contributed by atoms with E-state index in [0.29, 0.717) is 29.7 Å². The van der Waals surface area contributed by atoms with Gasteiger partial charge in [-0.15, -0.1) is 0 Å². The zero-order chi connectivity index (χ0) is 18.7. The van der Waals surface area contributed by atoms with E-state index in [1.807, 2.05) is 13.0 Å². The molecule has 0 aliphatic carbocycles. The van der Waals surface area contributed by atoms with Gasteiger partial charge in [-0.05, 0) is 26.7 Å². The van der Waals surface area contributed by atoms with Crippen LogP contribution >= 0.6 is 0 Å². The monoisotopic (exact) mass is 350 g/mol. The van der Waals surface area contributed by atoms with Gasteiger partial charge in [0, 0.05) is 23.1 Å². The molecule has 1 unspecified atom stereocenters. The van der Waals surface area contributed by atoms with E-state index in [0.717, 1.165) is 5.57 Å². The first-order valence-electron chi connectivity index (χ1n) is 7.85. The van der Waals surface area contributed by atoms with Gasteiger partial charge in [-0.1, -0.05) is 11.6 Å². The van der Waals surface area contributed by atoms with Gasteiger partial charge in [0.2, 0.25) is 6.29 Å². The number of hydrogen-bond donors (Lipinski definition) is 2. The summed E-state index contributed by atoms with van der Waals surface area (Å²) in [5.74, 6) is -0.918. The molecular weight excluding hydrogens is 328 g/mol. The highest BCUT2D eigenvalue weighted by Crippen LogP contribution is 2.45. The minimum atomic E-state index is -1.41. The average Bonchev–Trinajstić information content (AvgIpc) is 2.89. The van der Waals surface area contributed by atoms with Crippen LogP contribution in [0.2, 0.25) is 0 Å². The molecule has 1 aromatic rings. The molecule has 1 aliphatic rings. The fourth-order valence-electron chi connectivity index (χ4n) is 2.90. The number of aromatic hydroxyl groups is 1. The predicted octanol–water partition coefficient (Wildman–Crippen LogP) is 2.31. The smallest absolute Gasteiger partial charge is 0.345 e. The lowest BCUT2D eigenvalue weighted by molar-refractivity contribution is -0.140. The third-order valence-corrected chi connectivity index (χ3v) is 4.29. The standard InChI is InChI=1S/C18H22O7/c1-9(6-8-12(19)23-3)5-7-11-15(20)14-13(10(2)16(11)24-4)17(21)25-18(14)22/h5,17,20-21H,6-8H2,1-4H3/b9-5+. The topological polar surface area (TPSA) is 102 Å². The van der Waals surface area contributed by atoms with Crippen LogP contribution in [0.25, 0.3) is 0 Å². The van der Waals surface area contributed by atoms with E-state index in [1.165, 1.54) is 14.2 Å². The lowest BCUT2D eigenvalue weighted by Gasteiger charge is -2.16. The summed E-state index contributed by atoms with van der Waals surface area (Å²) in [5.41, 5.74) is 2.12. The summed E-state index contributed by atoms with van der Waals surface area (Å²) in [6.07, 6.45) is 1.54. The largest absolute Gasteiger partial charge is 0.507 e. The summed E-state index contributed by atoms with van der Waals surface area (Å²) in [4.78, 5) is 23.1. The fourth-order valence-corrected chi connectivity index (χ4v) is 2.90. The first kappa shape index (κ1) is 18.8. The van der Waals surface area contributed by atoms with Crippen molar-refractivity contribution < 1.29 is 34.0 Å². The molecule has 1 aliphatic heterocycles. The van der Waals surface area contributed by atoms with Crippen LogP contribution in [-0.2, 0) is 20.7 Å². The number of rotatable bonds is 6. The van der Waals surface area contributed by atoms with Crippen LogP contribution in [0.15, 0.2) is 11.6 Å². The van der Waals surface area contributed by atoms with E-state index in [1.54, 1.807) is 6.92 Å². The number of carbonyl (C=O) groups excluding carboxylic acids is 2. The molecule has 2 rings (SSSR count). The van der Waals surface area contributed by atoms with Gasteiger partial charge in [0.05, 0.1) is 14.2 Å². The summed E-state index contributed by atoms with van der Waals surface area (Å²) in [7, 11) is 2.79. The molecule has 7 heteroatoms. The van der Waals surface area contributed by atoms with Crippen LogP contribution in [0.3, 0.4) is 0 Å². The van der Waals surface area contributed by atoms with Crippen molar-refractivity contribution in [1.29, 1.82) is 0 Å². The summed E-state index contributed by atoms with van der Waals surface area (Å²) >= 11 is 0. The molecule has 25 heavy (non-hydrogen) atoms. The van der Waals surface area contributed by atoms with Crippen molar-refractivity contribution in [3.05, 3.63) is 33.9 Å². The molecule has 136 valence electrons. The van der Waals surface area contributed by atoms with Gasteiger partial charge in [0.15, 0.2) is 0 Å². The highest BCUT2D eigenvalue weighted by molar-refractivity contribution is 5.98. The minimum Gasteiger partial charge on any atom is -0.507 e.